The summed E-state index contributed by atoms with van der Waals surface area (Å²) in [6.07, 6.45) is 5.99. The van der Waals surface area contributed by atoms with E-state index in [1.54, 1.807) is 6.20 Å². The first-order valence-corrected chi connectivity index (χ1v) is 11.5. The Balaban J connectivity index is 1.29. The number of rotatable bonds is 7. The van der Waals surface area contributed by atoms with E-state index in [9.17, 15) is 0 Å². The number of likely N-dealkylation sites (N-methyl/N-ethyl adjacent to an activating group) is 1. The number of nitrogens with one attached hydrogen (secondary N) is 2. The van der Waals surface area contributed by atoms with E-state index >= 15 is 0 Å². The molecule has 0 amide bonds. The molecular weight excluding hydrogens is 398 g/mol. The van der Waals surface area contributed by atoms with Crippen molar-refractivity contribution in [1.29, 1.82) is 0 Å². The second kappa shape index (κ2) is 8.74. The third kappa shape index (κ3) is 4.12. The topological polar surface area (TPSA) is 69.2 Å². The van der Waals surface area contributed by atoms with E-state index in [4.69, 9.17) is 4.98 Å². The third-order valence-electron chi connectivity index (χ3n) is 6.55. The summed E-state index contributed by atoms with van der Waals surface area (Å²) in [5.41, 5.74) is 5.44. The average Bonchev–Trinajstić information content (AvgIpc) is 3.38. The highest BCUT2D eigenvalue weighted by Gasteiger charge is 2.41. The van der Waals surface area contributed by atoms with E-state index in [1.807, 2.05) is 24.4 Å². The van der Waals surface area contributed by atoms with E-state index in [-0.39, 0.29) is 0 Å². The Morgan fingerprint density at radius 1 is 1.06 bits per heavy atom. The number of fused-ring (bicyclic) bond motifs is 2. The van der Waals surface area contributed by atoms with Crippen LogP contribution in [0.2, 0.25) is 0 Å². The molecule has 5 rings (SSSR count). The molecule has 4 heterocycles. The molecule has 2 unspecified atom stereocenters. The van der Waals surface area contributed by atoms with E-state index in [0.717, 1.165) is 48.8 Å². The molecule has 2 atom stereocenters. The molecule has 32 heavy (non-hydrogen) atoms. The first-order valence-electron chi connectivity index (χ1n) is 11.5. The fraction of sp³-hybridized carbons (Fsp3) is 0.400. The molecule has 1 aromatic carbocycles. The Hall–Kier alpha value is -3.19. The molecule has 2 aliphatic rings. The van der Waals surface area contributed by atoms with Gasteiger partial charge in [0.05, 0.1) is 5.69 Å². The number of hydrogen-bond donors (Lipinski definition) is 2. The zero-order valence-electron chi connectivity index (χ0n) is 19.0. The van der Waals surface area contributed by atoms with Gasteiger partial charge in [-0.3, -0.25) is 4.90 Å². The number of anilines is 4. The van der Waals surface area contributed by atoms with Crippen LogP contribution >= 0.6 is 0 Å². The highest BCUT2D eigenvalue weighted by Crippen LogP contribution is 2.36. The minimum Gasteiger partial charge on any atom is -0.370 e. The van der Waals surface area contributed by atoms with Crippen molar-refractivity contribution in [2.75, 3.05) is 42.2 Å². The first-order chi connectivity index (χ1) is 15.6. The molecule has 2 aromatic heterocycles. The quantitative estimate of drug-likeness (QED) is 0.580. The van der Waals surface area contributed by atoms with Gasteiger partial charge in [0.1, 0.15) is 5.82 Å². The average molecular weight is 430 g/mol. The zero-order chi connectivity index (χ0) is 22.1. The first kappa shape index (κ1) is 20.7. The molecule has 7 nitrogen and oxygen atoms in total. The number of aryl methyl sites for hydroxylation is 1. The molecule has 3 aromatic rings. The molecule has 0 spiro atoms. The molecule has 0 aliphatic carbocycles. The van der Waals surface area contributed by atoms with Gasteiger partial charge in [-0.15, -0.1) is 0 Å². The lowest BCUT2D eigenvalue weighted by molar-refractivity contribution is 0.292. The lowest BCUT2D eigenvalue weighted by atomic mass is 10.1. The number of likely N-dealkylation sites (tertiary alicyclic amines) is 1. The van der Waals surface area contributed by atoms with Crippen LogP contribution in [0.3, 0.4) is 0 Å². The van der Waals surface area contributed by atoms with Gasteiger partial charge >= 0.3 is 0 Å². The van der Waals surface area contributed by atoms with Crippen LogP contribution in [-0.4, -0.2) is 58.6 Å². The molecular formula is C25H31N7. The van der Waals surface area contributed by atoms with Gasteiger partial charge in [0.25, 0.3) is 0 Å². The molecule has 7 heteroatoms. The van der Waals surface area contributed by atoms with Crippen molar-refractivity contribution in [3.63, 3.8) is 0 Å². The van der Waals surface area contributed by atoms with E-state index in [1.165, 1.54) is 17.7 Å². The van der Waals surface area contributed by atoms with Gasteiger partial charge in [0.15, 0.2) is 0 Å². The van der Waals surface area contributed by atoms with Crippen LogP contribution in [0.15, 0.2) is 48.8 Å². The second-order valence-corrected chi connectivity index (χ2v) is 8.89. The van der Waals surface area contributed by atoms with Gasteiger partial charge in [0.2, 0.25) is 5.95 Å². The van der Waals surface area contributed by atoms with Crippen molar-refractivity contribution < 1.29 is 0 Å². The van der Waals surface area contributed by atoms with Crippen molar-refractivity contribution in [2.45, 2.75) is 38.8 Å². The lowest BCUT2D eigenvalue weighted by Crippen LogP contribution is -2.44. The van der Waals surface area contributed by atoms with Crippen molar-refractivity contribution in [2.24, 2.45) is 0 Å². The van der Waals surface area contributed by atoms with Crippen LogP contribution in [0.5, 0.6) is 0 Å². The molecule has 2 bridgehead atoms. The predicted octanol–water partition coefficient (Wildman–Crippen LogP) is 4.31. The highest BCUT2D eigenvalue weighted by atomic mass is 15.3. The van der Waals surface area contributed by atoms with E-state index < -0.39 is 0 Å². The minimum atomic E-state index is 0.588. The maximum absolute atomic E-state index is 4.70. The summed E-state index contributed by atoms with van der Waals surface area (Å²) in [4.78, 5) is 18.7. The Kier molecular flexibility index (Phi) is 5.66. The minimum absolute atomic E-state index is 0.588. The molecule has 2 saturated heterocycles. The van der Waals surface area contributed by atoms with Crippen LogP contribution in [-0.2, 0) is 0 Å². The lowest BCUT2D eigenvalue weighted by Gasteiger charge is -2.34. The largest absolute Gasteiger partial charge is 0.370 e. The van der Waals surface area contributed by atoms with E-state index in [2.05, 4.69) is 69.5 Å². The Labute approximate surface area is 189 Å². The molecule has 2 fully saturated rings. The van der Waals surface area contributed by atoms with Crippen molar-refractivity contribution in [1.82, 2.24) is 19.9 Å². The maximum atomic E-state index is 4.70. The number of aromatic nitrogens is 3. The normalized spacial score (nSPS) is 20.0. The third-order valence-corrected chi connectivity index (χ3v) is 6.55. The highest BCUT2D eigenvalue weighted by molar-refractivity contribution is 5.66. The van der Waals surface area contributed by atoms with Crippen LogP contribution in [0.1, 0.15) is 25.3 Å². The molecule has 0 saturated carbocycles. The second-order valence-electron chi connectivity index (χ2n) is 8.89. The van der Waals surface area contributed by atoms with Gasteiger partial charge in [-0.25, -0.2) is 15.0 Å². The summed E-state index contributed by atoms with van der Waals surface area (Å²) < 4.78 is 0. The van der Waals surface area contributed by atoms with Crippen molar-refractivity contribution in [3.8, 4) is 11.3 Å². The number of benzene rings is 1. The fourth-order valence-corrected chi connectivity index (χ4v) is 4.83. The van der Waals surface area contributed by atoms with Gasteiger partial charge in [-0.1, -0.05) is 6.92 Å². The van der Waals surface area contributed by atoms with Crippen LogP contribution in [0, 0.1) is 6.92 Å². The number of nitrogens with zero attached hydrogens (tertiary/aromatic N) is 5. The molecule has 0 radical (unpaired) electrons. The molecule has 2 aliphatic heterocycles. The van der Waals surface area contributed by atoms with Crippen molar-refractivity contribution >= 4 is 23.1 Å². The molecule has 2 N–H and O–H groups in total. The summed E-state index contributed by atoms with van der Waals surface area (Å²) in [6, 6.07) is 13.8. The van der Waals surface area contributed by atoms with Crippen molar-refractivity contribution in [3.05, 3.63) is 54.4 Å². The Morgan fingerprint density at radius 2 is 1.97 bits per heavy atom. The Bertz CT molecular complexity index is 1080. The maximum Gasteiger partial charge on any atom is 0.227 e. The summed E-state index contributed by atoms with van der Waals surface area (Å²) in [7, 11) is 2.24. The van der Waals surface area contributed by atoms with E-state index in [0.29, 0.717) is 18.0 Å². The number of hydrogen-bond acceptors (Lipinski definition) is 7. The van der Waals surface area contributed by atoms with Crippen LogP contribution in [0.4, 0.5) is 23.1 Å². The SMILES string of the molecule is CCCNc1ccc(-c2ccnc(Nc3ccc(N4CC5CC4CN5C)c(C)c3)n2)cn1. The van der Waals surface area contributed by atoms with Crippen LogP contribution < -0.4 is 15.5 Å². The summed E-state index contributed by atoms with van der Waals surface area (Å²) in [5.74, 6) is 1.47. The Morgan fingerprint density at radius 3 is 2.66 bits per heavy atom. The van der Waals surface area contributed by atoms with Gasteiger partial charge in [0, 0.05) is 61.0 Å². The van der Waals surface area contributed by atoms with Gasteiger partial charge in [-0.05, 0) is 68.8 Å². The standard InChI is InChI=1S/C25H31N7/c1-4-10-26-24-8-5-18(14-28-24)22-9-11-27-25(30-22)29-19-6-7-23(17(2)12-19)32-16-20-13-21(32)15-31(20)3/h5-9,11-12,14,20-21H,4,10,13,15-16H2,1-3H3,(H,26,28)(H,27,29,30). The van der Waals surface area contributed by atoms with Crippen LogP contribution in [0.25, 0.3) is 11.3 Å². The van der Waals surface area contributed by atoms with Gasteiger partial charge < -0.3 is 15.5 Å². The predicted molar refractivity (Wildman–Crippen MR) is 131 cm³/mol. The fourth-order valence-electron chi connectivity index (χ4n) is 4.83. The zero-order valence-corrected chi connectivity index (χ0v) is 19.0. The van der Waals surface area contributed by atoms with Gasteiger partial charge in [-0.2, -0.15) is 0 Å². The number of piperazine rings is 1. The summed E-state index contributed by atoms with van der Waals surface area (Å²) >= 11 is 0. The summed E-state index contributed by atoms with van der Waals surface area (Å²) in [5, 5.41) is 6.67. The monoisotopic (exact) mass is 429 g/mol. The summed E-state index contributed by atoms with van der Waals surface area (Å²) in [6.45, 7) is 7.53. The number of pyridine rings is 1. The smallest absolute Gasteiger partial charge is 0.227 e. The molecule has 166 valence electrons.